The van der Waals surface area contributed by atoms with Gasteiger partial charge in [-0.05, 0) is 65.2 Å². The monoisotopic (exact) mass is 563 g/mol. The zero-order valence-corrected chi connectivity index (χ0v) is 22.5. The van der Waals surface area contributed by atoms with Crippen LogP contribution < -0.4 is 0 Å². The Kier molecular flexibility index (Phi) is 5.01. The van der Waals surface area contributed by atoms with E-state index in [2.05, 4.69) is 142 Å². The molecule has 2 aromatic heterocycles. The van der Waals surface area contributed by atoms with Crippen LogP contribution >= 0.6 is 15.9 Å². The van der Waals surface area contributed by atoms with Crippen LogP contribution in [0.1, 0.15) is 0 Å². The minimum absolute atomic E-state index is 0.911. The maximum Gasteiger partial charge on any atom is 0.143 e. The van der Waals surface area contributed by atoms with Crippen molar-refractivity contribution >= 4 is 59.7 Å². The third-order valence-electron chi connectivity index (χ3n) is 7.64. The first-order valence-corrected chi connectivity index (χ1v) is 13.8. The average molecular weight is 564 g/mol. The van der Waals surface area contributed by atoms with E-state index in [1.165, 1.54) is 27.4 Å². The number of hydrogen-bond acceptors (Lipinski definition) is 1. The van der Waals surface area contributed by atoms with Gasteiger partial charge in [-0.25, -0.2) is 0 Å². The van der Waals surface area contributed by atoms with E-state index < -0.39 is 0 Å². The molecule has 0 amide bonds. The number of benzene rings is 6. The maximum absolute atomic E-state index is 6.39. The van der Waals surface area contributed by atoms with Gasteiger partial charge in [0.2, 0.25) is 0 Å². The summed E-state index contributed by atoms with van der Waals surface area (Å²) in [7, 11) is 0. The first kappa shape index (κ1) is 22.4. The number of rotatable bonds is 3. The van der Waals surface area contributed by atoms with Gasteiger partial charge in [0.25, 0.3) is 0 Å². The van der Waals surface area contributed by atoms with Gasteiger partial charge in [-0.2, -0.15) is 0 Å². The van der Waals surface area contributed by atoms with Crippen LogP contribution in [0.2, 0.25) is 0 Å². The summed E-state index contributed by atoms with van der Waals surface area (Å²) in [6, 6.07) is 47.2. The molecule has 6 aromatic carbocycles. The number of halogens is 1. The number of furan rings is 1. The van der Waals surface area contributed by atoms with E-state index in [1.54, 1.807) is 0 Å². The van der Waals surface area contributed by atoms with Gasteiger partial charge in [0.1, 0.15) is 11.2 Å². The van der Waals surface area contributed by atoms with Crippen molar-refractivity contribution in [3.63, 3.8) is 0 Å². The number of para-hydroxylation sites is 4. The van der Waals surface area contributed by atoms with E-state index in [-0.39, 0.29) is 0 Å². The topological polar surface area (TPSA) is 18.1 Å². The molecule has 0 fully saturated rings. The molecule has 8 aromatic rings. The summed E-state index contributed by atoms with van der Waals surface area (Å²) >= 11 is 3.83. The van der Waals surface area contributed by atoms with Gasteiger partial charge in [0.05, 0.1) is 11.0 Å². The lowest BCUT2D eigenvalue weighted by Gasteiger charge is -2.11. The Hall–Kier alpha value is -4.60. The third kappa shape index (κ3) is 3.47. The van der Waals surface area contributed by atoms with Crippen molar-refractivity contribution < 1.29 is 4.42 Å². The van der Waals surface area contributed by atoms with Crippen LogP contribution in [0.15, 0.2) is 142 Å². The lowest BCUT2D eigenvalue weighted by molar-refractivity contribution is 0.670. The highest BCUT2D eigenvalue weighted by Gasteiger charge is 2.18. The standard InChI is InChI=1S/C36H22BrNO/c37-25-21-23(20-24(22-25)28-15-8-16-30-29-12-5-7-19-34(29)39-36(28)30)27-14-9-18-33-35(27)31-13-4-6-17-32(31)38(33)26-10-2-1-3-11-26/h1-22H. The molecular weight excluding hydrogens is 542 g/mol. The Balaban J connectivity index is 1.40. The van der Waals surface area contributed by atoms with Crippen LogP contribution in [0.25, 0.3) is 71.7 Å². The SMILES string of the molecule is Brc1cc(-c2cccc3c2oc2ccccc23)cc(-c2cccc3c2c2ccccc2n3-c2ccccc2)c1. The van der Waals surface area contributed by atoms with Crippen molar-refractivity contribution in [2.24, 2.45) is 0 Å². The van der Waals surface area contributed by atoms with Gasteiger partial charge in [-0.1, -0.05) is 101 Å². The predicted octanol–water partition coefficient (Wildman–Crippen LogP) is 10.8. The number of nitrogens with zero attached hydrogens (tertiary/aromatic N) is 1. The van der Waals surface area contributed by atoms with Crippen LogP contribution in [-0.4, -0.2) is 4.57 Å². The van der Waals surface area contributed by atoms with Gasteiger partial charge in [0.15, 0.2) is 0 Å². The average Bonchev–Trinajstić information content (AvgIpc) is 3.53. The lowest BCUT2D eigenvalue weighted by Crippen LogP contribution is -1.93. The molecule has 0 bridgehead atoms. The summed E-state index contributed by atoms with van der Waals surface area (Å²) in [5.74, 6) is 0. The second kappa shape index (κ2) is 8.72. The molecule has 0 N–H and O–H groups in total. The second-order valence-electron chi connectivity index (χ2n) is 9.90. The quantitative estimate of drug-likeness (QED) is 0.209. The van der Waals surface area contributed by atoms with Crippen LogP contribution in [0.3, 0.4) is 0 Å². The zero-order valence-electron chi connectivity index (χ0n) is 20.9. The molecule has 3 heteroatoms. The second-order valence-corrected chi connectivity index (χ2v) is 10.8. The van der Waals surface area contributed by atoms with Crippen molar-refractivity contribution in [1.29, 1.82) is 0 Å². The number of fused-ring (bicyclic) bond motifs is 6. The molecular formula is C36H22BrNO. The van der Waals surface area contributed by atoms with Crippen LogP contribution in [0, 0.1) is 0 Å². The molecule has 0 saturated carbocycles. The molecule has 2 heterocycles. The molecule has 0 atom stereocenters. The van der Waals surface area contributed by atoms with Crippen molar-refractivity contribution in [3.05, 3.63) is 138 Å². The highest BCUT2D eigenvalue weighted by Crippen LogP contribution is 2.42. The zero-order chi connectivity index (χ0) is 25.9. The minimum atomic E-state index is 0.911. The predicted molar refractivity (Wildman–Crippen MR) is 167 cm³/mol. The Morgan fingerprint density at radius 1 is 0.513 bits per heavy atom. The Bertz CT molecular complexity index is 2190. The van der Waals surface area contributed by atoms with Crippen LogP contribution in [0.4, 0.5) is 0 Å². The van der Waals surface area contributed by atoms with E-state index >= 15 is 0 Å². The lowest BCUT2D eigenvalue weighted by atomic mass is 9.95. The number of aromatic nitrogens is 1. The largest absolute Gasteiger partial charge is 0.455 e. The molecule has 2 nitrogen and oxygen atoms in total. The molecule has 0 unspecified atom stereocenters. The first-order valence-electron chi connectivity index (χ1n) is 13.1. The van der Waals surface area contributed by atoms with Gasteiger partial charge < -0.3 is 8.98 Å². The summed E-state index contributed by atoms with van der Waals surface area (Å²) in [5, 5.41) is 4.77. The summed E-state index contributed by atoms with van der Waals surface area (Å²) in [4.78, 5) is 0. The molecule has 0 aliphatic rings. The fourth-order valence-corrected chi connectivity index (χ4v) is 6.48. The van der Waals surface area contributed by atoms with Crippen LogP contribution in [0.5, 0.6) is 0 Å². The van der Waals surface area contributed by atoms with Crippen molar-refractivity contribution in [2.75, 3.05) is 0 Å². The summed E-state index contributed by atoms with van der Waals surface area (Å²) < 4.78 is 9.78. The normalized spacial score (nSPS) is 11.7. The smallest absolute Gasteiger partial charge is 0.143 e. The summed E-state index contributed by atoms with van der Waals surface area (Å²) in [6.07, 6.45) is 0. The molecule has 39 heavy (non-hydrogen) atoms. The molecule has 0 aliphatic carbocycles. The summed E-state index contributed by atoms with van der Waals surface area (Å²) in [5.41, 5.74) is 9.96. The first-order chi connectivity index (χ1) is 19.3. The fourth-order valence-electron chi connectivity index (χ4n) is 5.99. The van der Waals surface area contributed by atoms with E-state index in [0.717, 1.165) is 48.8 Å². The van der Waals surface area contributed by atoms with Gasteiger partial charge >= 0.3 is 0 Å². The van der Waals surface area contributed by atoms with Gasteiger partial charge in [0, 0.05) is 37.3 Å². The third-order valence-corrected chi connectivity index (χ3v) is 8.09. The Morgan fingerprint density at radius 2 is 1.15 bits per heavy atom. The van der Waals surface area contributed by atoms with Crippen molar-refractivity contribution in [3.8, 4) is 27.9 Å². The fraction of sp³-hybridized carbons (Fsp3) is 0. The van der Waals surface area contributed by atoms with E-state index in [9.17, 15) is 0 Å². The highest BCUT2D eigenvalue weighted by molar-refractivity contribution is 9.10. The maximum atomic E-state index is 6.39. The molecule has 0 aliphatic heterocycles. The highest BCUT2D eigenvalue weighted by atomic mass is 79.9. The minimum Gasteiger partial charge on any atom is -0.455 e. The molecule has 0 spiro atoms. The van der Waals surface area contributed by atoms with E-state index in [0.29, 0.717) is 0 Å². The van der Waals surface area contributed by atoms with Gasteiger partial charge in [-0.3, -0.25) is 0 Å². The van der Waals surface area contributed by atoms with Crippen molar-refractivity contribution in [2.45, 2.75) is 0 Å². The molecule has 0 radical (unpaired) electrons. The molecule has 0 saturated heterocycles. The summed E-state index contributed by atoms with van der Waals surface area (Å²) in [6.45, 7) is 0. The van der Waals surface area contributed by atoms with Crippen LogP contribution in [-0.2, 0) is 0 Å². The molecule has 184 valence electrons. The van der Waals surface area contributed by atoms with Gasteiger partial charge in [-0.15, -0.1) is 0 Å². The molecule has 8 rings (SSSR count). The Labute approximate surface area is 233 Å². The van der Waals surface area contributed by atoms with Crippen molar-refractivity contribution in [1.82, 2.24) is 4.57 Å². The number of hydrogen-bond donors (Lipinski definition) is 0. The van der Waals surface area contributed by atoms with E-state index in [1.807, 2.05) is 12.1 Å². The Morgan fingerprint density at radius 3 is 2.03 bits per heavy atom. The van der Waals surface area contributed by atoms with E-state index in [4.69, 9.17) is 4.42 Å².